The Hall–Kier alpha value is -6.43. The number of nitrogens with zero attached hydrogens (tertiary/aromatic N) is 3. The maximum atomic E-state index is 6.78. The zero-order valence-corrected chi connectivity index (χ0v) is 27.6. The van der Waals surface area contributed by atoms with Crippen molar-refractivity contribution in [2.24, 2.45) is 0 Å². The van der Waals surface area contributed by atoms with Crippen molar-refractivity contribution in [2.75, 3.05) is 0 Å². The van der Waals surface area contributed by atoms with Crippen molar-refractivity contribution in [3.05, 3.63) is 164 Å². The van der Waals surface area contributed by atoms with Crippen molar-refractivity contribution in [3.8, 4) is 56.4 Å². The molecule has 4 nitrogen and oxygen atoms in total. The van der Waals surface area contributed by atoms with E-state index in [9.17, 15) is 0 Å². The van der Waals surface area contributed by atoms with E-state index in [1.54, 1.807) is 0 Å². The van der Waals surface area contributed by atoms with E-state index in [0.29, 0.717) is 17.5 Å². The fourth-order valence-electron chi connectivity index (χ4n) is 7.05. The van der Waals surface area contributed by atoms with E-state index >= 15 is 0 Å². The average Bonchev–Trinajstić information content (AvgIpc) is 3.77. The Labute approximate surface area is 292 Å². The summed E-state index contributed by atoms with van der Waals surface area (Å²) in [7, 11) is 0. The van der Waals surface area contributed by atoms with Crippen molar-refractivity contribution in [3.63, 3.8) is 0 Å². The lowest BCUT2D eigenvalue weighted by molar-refractivity contribution is 0.670. The molecule has 3 heterocycles. The van der Waals surface area contributed by atoms with Gasteiger partial charge < -0.3 is 4.42 Å². The van der Waals surface area contributed by atoms with E-state index in [0.717, 1.165) is 49.8 Å². The molecular weight excluding hydrogens is 631 g/mol. The molecule has 7 aromatic carbocycles. The Balaban J connectivity index is 1.21. The molecule has 0 spiro atoms. The number of hydrogen-bond donors (Lipinski definition) is 0. The molecule has 234 valence electrons. The fourth-order valence-corrected chi connectivity index (χ4v) is 8.22. The minimum atomic E-state index is 0.606. The molecule has 0 aliphatic rings. The third-order valence-electron chi connectivity index (χ3n) is 9.34. The molecule has 10 rings (SSSR count). The van der Waals surface area contributed by atoms with E-state index in [1.807, 2.05) is 84.1 Å². The number of para-hydroxylation sites is 1. The number of benzene rings is 7. The summed E-state index contributed by atoms with van der Waals surface area (Å²) in [6, 6.07) is 56.7. The van der Waals surface area contributed by atoms with Gasteiger partial charge in [0.25, 0.3) is 0 Å². The van der Waals surface area contributed by atoms with E-state index in [2.05, 4.69) is 91.0 Å². The maximum Gasteiger partial charge on any atom is 0.164 e. The molecule has 0 amide bonds. The molecule has 0 bridgehead atoms. The van der Waals surface area contributed by atoms with Crippen molar-refractivity contribution in [1.82, 2.24) is 15.0 Å². The maximum absolute atomic E-state index is 6.78. The summed E-state index contributed by atoms with van der Waals surface area (Å²) < 4.78 is 9.31. The van der Waals surface area contributed by atoms with Gasteiger partial charge in [-0.15, -0.1) is 11.3 Å². The van der Waals surface area contributed by atoms with Crippen molar-refractivity contribution < 1.29 is 4.42 Å². The molecule has 0 aliphatic heterocycles. The summed E-state index contributed by atoms with van der Waals surface area (Å²) in [5.74, 6) is 1.87. The number of hydrogen-bond acceptors (Lipinski definition) is 5. The zero-order chi connectivity index (χ0) is 33.0. The monoisotopic (exact) mass is 657 g/mol. The molecule has 0 atom stereocenters. The second-order valence-electron chi connectivity index (χ2n) is 12.4. The van der Waals surface area contributed by atoms with Crippen molar-refractivity contribution >= 4 is 53.4 Å². The minimum absolute atomic E-state index is 0.606. The Morgan fingerprint density at radius 1 is 0.380 bits per heavy atom. The first-order valence-corrected chi connectivity index (χ1v) is 17.4. The van der Waals surface area contributed by atoms with Gasteiger partial charge in [-0.3, -0.25) is 0 Å². The van der Waals surface area contributed by atoms with Crippen molar-refractivity contribution in [2.45, 2.75) is 0 Å². The summed E-state index contributed by atoms with van der Waals surface area (Å²) in [4.78, 5) is 15.0. The van der Waals surface area contributed by atoms with Gasteiger partial charge in [-0.05, 0) is 41.0 Å². The van der Waals surface area contributed by atoms with Gasteiger partial charge in [0.1, 0.15) is 11.2 Å². The minimum Gasteiger partial charge on any atom is -0.455 e. The summed E-state index contributed by atoms with van der Waals surface area (Å²) in [6.07, 6.45) is 0. The standard InChI is InChI=1S/C45H27N3OS/c1-4-14-28(15-5-1)36-26-31(27-39-41(36)33-20-10-11-25-38(33)50-39)32-21-12-22-34-40-35(23-13-24-37(40)49-42(32)34)45-47-43(29-16-6-2-7-17-29)46-44(48-45)30-18-8-3-9-19-30/h1-27H. The Bertz CT molecular complexity index is 2800. The van der Waals surface area contributed by atoms with Crippen LogP contribution in [0.1, 0.15) is 0 Å². The molecule has 0 fully saturated rings. The van der Waals surface area contributed by atoms with Crippen LogP contribution in [-0.4, -0.2) is 15.0 Å². The van der Waals surface area contributed by atoms with Gasteiger partial charge in [-0.1, -0.05) is 140 Å². The molecule has 0 N–H and O–H groups in total. The zero-order valence-electron chi connectivity index (χ0n) is 26.7. The highest BCUT2D eigenvalue weighted by atomic mass is 32.1. The Kier molecular flexibility index (Phi) is 6.64. The highest BCUT2D eigenvalue weighted by Gasteiger charge is 2.21. The van der Waals surface area contributed by atoms with Crippen LogP contribution in [-0.2, 0) is 0 Å². The first-order valence-electron chi connectivity index (χ1n) is 16.6. The Morgan fingerprint density at radius 3 is 1.68 bits per heavy atom. The van der Waals surface area contributed by atoms with Gasteiger partial charge in [0.15, 0.2) is 17.5 Å². The lowest BCUT2D eigenvalue weighted by Gasteiger charge is -2.10. The first kappa shape index (κ1) is 28.6. The molecule has 5 heteroatoms. The molecule has 0 aliphatic carbocycles. The number of rotatable bonds is 5. The second kappa shape index (κ2) is 11.6. The number of fused-ring (bicyclic) bond motifs is 6. The SMILES string of the molecule is c1ccc(-c2nc(-c3ccccc3)nc(-c3cccc4oc5c(-c6cc(-c7ccccc7)c7c(c6)sc6ccccc67)cccc5c34)n2)cc1. The molecule has 3 aromatic heterocycles. The molecular formula is C45H27N3OS. The third kappa shape index (κ3) is 4.71. The van der Waals surface area contributed by atoms with Gasteiger partial charge >= 0.3 is 0 Å². The summed E-state index contributed by atoms with van der Waals surface area (Å²) in [5, 5.41) is 4.58. The second-order valence-corrected chi connectivity index (χ2v) is 13.4. The van der Waals surface area contributed by atoms with Gasteiger partial charge in [-0.2, -0.15) is 0 Å². The van der Waals surface area contributed by atoms with Crippen LogP contribution in [0.2, 0.25) is 0 Å². The number of furan rings is 1. The lowest BCUT2D eigenvalue weighted by Crippen LogP contribution is -2.00. The van der Waals surface area contributed by atoms with E-state index in [1.165, 1.54) is 31.3 Å². The smallest absolute Gasteiger partial charge is 0.164 e. The quantitative estimate of drug-likeness (QED) is 0.185. The van der Waals surface area contributed by atoms with Crippen LogP contribution >= 0.6 is 11.3 Å². The van der Waals surface area contributed by atoms with Gasteiger partial charge in [0, 0.05) is 53.2 Å². The van der Waals surface area contributed by atoms with Crippen LogP contribution in [0.5, 0.6) is 0 Å². The molecule has 0 radical (unpaired) electrons. The van der Waals surface area contributed by atoms with Crippen LogP contribution < -0.4 is 0 Å². The van der Waals surface area contributed by atoms with Crippen LogP contribution in [0.15, 0.2) is 168 Å². The fraction of sp³-hybridized carbons (Fsp3) is 0. The first-order chi connectivity index (χ1) is 24.8. The summed E-state index contributed by atoms with van der Waals surface area (Å²) in [5.41, 5.74) is 8.99. The average molecular weight is 658 g/mol. The van der Waals surface area contributed by atoms with Crippen LogP contribution in [0.25, 0.3) is 98.5 Å². The molecule has 0 unspecified atom stereocenters. The normalized spacial score (nSPS) is 11.6. The Morgan fingerprint density at radius 2 is 0.960 bits per heavy atom. The number of aromatic nitrogens is 3. The predicted octanol–water partition coefficient (Wildman–Crippen LogP) is 12.5. The van der Waals surface area contributed by atoms with Gasteiger partial charge in [0.2, 0.25) is 0 Å². The summed E-state index contributed by atoms with van der Waals surface area (Å²) >= 11 is 1.84. The van der Waals surface area contributed by atoms with E-state index in [-0.39, 0.29) is 0 Å². The molecule has 10 aromatic rings. The summed E-state index contributed by atoms with van der Waals surface area (Å²) in [6.45, 7) is 0. The largest absolute Gasteiger partial charge is 0.455 e. The van der Waals surface area contributed by atoms with E-state index < -0.39 is 0 Å². The van der Waals surface area contributed by atoms with Crippen LogP contribution in [0.4, 0.5) is 0 Å². The van der Waals surface area contributed by atoms with Crippen molar-refractivity contribution in [1.29, 1.82) is 0 Å². The number of thiophene rings is 1. The topological polar surface area (TPSA) is 51.8 Å². The molecule has 0 saturated carbocycles. The van der Waals surface area contributed by atoms with Gasteiger partial charge in [0.05, 0.1) is 0 Å². The van der Waals surface area contributed by atoms with Crippen LogP contribution in [0.3, 0.4) is 0 Å². The predicted molar refractivity (Wildman–Crippen MR) is 207 cm³/mol. The van der Waals surface area contributed by atoms with E-state index in [4.69, 9.17) is 19.4 Å². The lowest BCUT2D eigenvalue weighted by atomic mass is 9.93. The molecule has 0 saturated heterocycles. The van der Waals surface area contributed by atoms with Crippen LogP contribution in [0, 0.1) is 0 Å². The third-order valence-corrected chi connectivity index (χ3v) is 10.5. The molecule has 50 heavy (non-hydrogen) atoms. The highest BCUT2D eigenvalue weighted by Crippen LogP contribution is 2.45. The highest BCUT2D eigenvalue weighted by molar-refractivity contribution is 7.26. The van der Waals surface area contributed by atoms with Gasteiger partial charge in [-0.25, -0.2) is 15.0 Å².